The maximum atomic E-state index is 13.7. The van der Waals surface area contributed by atoms with E-state index in [1.807, 2.05) is 0 Å². The van der Waals surface area contributed by atoms with Gasteiger partial charge in [-0.2, -0.15) is 73.7 Å². The lowest BCUT2D eigenvalue weighted by molar-refractivity contribution is -0.144. The summed E-state index contributed by atoms with van der Waals surface area (Å²) in [5.41, 5.74) is -17.3. The highest BCUT2D eigenvalue weighted by Crippen LogP contribution is 2.40. The van der Waals surface area contributed by atoms with Gasteiger partial charge >= 0.3 is 24.7 Å². The third kappa shape index (κ3) is 7.41. The molecule has 0 spiro atoms. The van der Waals surface area contributed by atoms with E-state index in [2.05, 4.69) is 9.97 Å². The van der Waals surface area contributed by atoms with E-state index < -0.39 is 113 Å². The van der Waals surface area contributed by atoms with Gasteiger partial charge in [-0.1, -0.05) is 0 Å². The summed E-state index contributed by atoms with van der Waals surface area (Å²) in [5, 5.41) is 37.2. The number of nitrogens with zero attached hydrogens (tertiary/aromatic N) is 6. The highest BCUT2D eigenvalue weighted by atomic mass is 19.4. The highest BCUT2D eigenvalue weighted by molar-refractivity contribution is 5.72. The van der Waals surface area contributed by atoms with Crippen LogP contribution in [0.3, 0.4) is 0 Å². The Labute approximate surface area is 283 Å². The molecule has 0 radical (unpaired) electrons. The molecule has 21 heteroatoms. The van der Waals surface area contributed by atoms with Crippen LogP contribution in [0.25, 0.3) is 33.7 Å². The molecule has 3 heterocycles. The van der Waals surface area contributed by atoms with Crippen LogP contribution in [0.2, 0.25) is 0 Å². The molecule has 0 aliphatic heterocycles. The lowest BCUT2D eigenvalue weighted by atomic mass is 10.0. The monoisotopic (exact) mass is 752 g/mol. The van der Waals surface area contributed by atoms with Gasteiger partial charge < -0.3 is 13.3 Å². The van der Waals surface area contributed by atoms with Crippen LogP contribution in [0.4, 0.5) is 52.7 Å². The SMILES string of the molecule is N#CC(C#N)=c1nc(-c2cc(C(F)(F)F)cc(C(F)(F)F)c2)/c(=c2\cc/c(=c3\oc(=C(C#N)C#N)nc3-c3cc(C(F)(F)F)cc(C(F)(F)F)c3)o2)o1. The molecule has 0 bridgehead atoms. The zero-order chi connectivity index (χ0) is 39.3. The highest BCUT2D eigenvalue weighted by Gasteiger charge is 2.39. The van der Waals surface area contributed by atoms with E-state index >= 15 is 0 Å². The van der Waals surface area contributed by atoms with Crippen molar-refractivity contribution in [1.29, 1.82) is 21.0 Å². The van der Waals surface area contributed by atoms with E-state index in [1.165, 1.54) is 24.3 Å². The minimum atomic E-state index is -5.34. The maximum absolute atomic E-state index is 13.7. The number of furan rings is 1. The van der Waals surface area contributed by atoms with Crippen molar-refractivity contribution in [1.82, 2.24) is 9.97 Å². The summed E-state index contributed by atoms with van der Waals surface area (Å²) in [7, 11) is 0. The summed E-state index contributed by atoms with van der Waals surface area (Å²) < 4.78 is 180. The fourth-order valence-corrected chi connectivity index (χ4v) is 4.59. The van der Waals surface area contributed by atoms with Gasteiger partial charge in [-0.15, -0.1) is 0 Å². The number of hydrogen-bond donors (Lipinski definition) is 0. The molecule has 0 N–H and O–H groups in total. The molecule has 5 rings (SSSR count). The molecule has 0 unspecified atom stereocenters. The van der Waals surface area contributed by atoms with Crippen molar-refractivity contribution in [2.24, 2.45) is 0 Å². The Morgan fingerprint density at radius 2 is 0.736 bits per heavy atom. The summed E-state index contributed by atoms with van der Waals surface area (Å²) in [5.74, 6) is 0. The van der Waals surface area contributed by atoms with Gasteiger partial charge in [-0.05, 0) is 48.5 Å². The number of nitriles is 4. The van der Waals surface area contributed by atoms with Gasteiger partial charge in [0.15, 0.2) is 32.8 Å². The van der Waals surface area contributed by atoms with Crippen molar-refractivity contribution < 1.29 is 65.9 Å². The molecule has 0 aliphatic carbocycles. The quantitative estimate of drug-likeness (QED) is 0.165. The van der Waals surface area contributed by atoms with Gasteiger partial charge in [0.2, 0.25) is 11.1 Å². The fourth-order valence-electron chi connectivity index (χ4n) is 4.59. The predicted molar refractivity (Wildman–Crippen MR) is 146 cm³/mol. The summed E-state index contributed by atoms with van der Waals surface area (Å²) in [6.45, 7) is 0. The van der Waals surface area contributed by atoms with Gasteiger partial charge in [-0.3, -0.25) is 0 Å². The average molecular weight is 752 g/mol. The van der Waals surface area contributed by atoms with Gasteiger partial charge in [0.25, 0.3) is 0 Å². The summed E-state index contributed by atoms with van der Waals surface area (Å²) in [6.07, 6.45) is -21.4. The maximum Gasteiger partial charge on any atom is 0.416 e. The van der Waals surface area contributed by atoms with Crippen molar-refractivity contribution in [2.75, 3.05) is 0 Å². The van der Waals surface area contributed by atoms with Crippen LogP contribution >= 0.6 is 0 Å². The molecule has 0 aliphatic rings. The Balaban J connectivity index is 1.99. The number of rotatable bonds is 2. The van der Waals surface area contributed by atoms with Crippen LogP contribution in [0.5, 0.6) is 0 Å². The lowest BCUT2D eigenvalue weighted by Crippen LogP contribution is -2.11. The Kier molecular flexibility index (Phi) is 9.11. The number of alkyl halides is 12. The summed E-state index contributed by atoms with van der Waals surface area (Å²) in [4.78, 5) is 7.48. The van der Waals surface area contributed by atoms with Crippen LogP contribution in [0, 0.1) is 67.0 Å². The van der Waals surface area contributed by atoms with E-state index in [9.17, 15) is 73.7 Å². The van der Waals surface area contributed by atoms with Gasteiger partial charge in [-0.25, -0.2) is 9.97 Å². The Hall–Kier alpha value is -7.00. The zero-order valence-corrected chi connectivity index (χ0v) is 25.1. The van der Waals surface area contributed by atoms with Crippen molar-refractivity contribution in [3.63, 3.8) is 0 Å². The fraction of sp³-hybridized carbons (Fsp3) is 0.125. The second-order valence-corrected chi connectivity index (χ2v) is 10.3. The molecule has 0 atom stereocenters. The minimum Gasteiger partial charge on any atom is -0.449 e. The Bertz CT molecular complexity index is 2510. The second-order valence-electron chi connectivity index (χ2n) is 10.3. The molecule has 53 heavy (non-hydrogen) atoms. The molecule has 0 saturated carbocycles. The van der Waals surface area contributed by atoms with Crippen molar-refractivity contribution in [3.8, 4) is 46.8 Å². The van der Waals surface area contributed by atoms with Crippen LogP contribution in [0.1, 0.15) is 22.3 Å². The first-order chi connectivity index (χ1) is 24.6. The second kappa shape index (κ2) is 13.0. The molecule has 0 saturated heterocycles. The average Bonchev–Trinajstić information content (AvgIpc) is 3.83. The Morgan fingerprint density at radius 3 is 0.981 bits per heavy atom. The molecule has 2 aromatic carbocycles. The van der Waals surface area contributed by atoms with Crippen LogP contribution in [-0.4, -0.2) is 9.97 Å². The number of benzene rings is 2. The van der Waals surface area contributed by atoms with Gasteiger partial charge in [0.1, 0.15) is 35.7 Å². The Morgan fingerprint density at radius 1 is 0.453 bits per heavy atom. The number of halogens is 12. The first-order valence-corrected chi connectivity index (χ1v) is 13.7. The molecular formula is C32H8F12N6O3. The third-order valence-corrected chi connectivity index (χ3v) is 6.91. The molecule has 9 nitrogen and oxygen atoms in total. The van der Waals surface area contributed by atoms with E-state index in [1.54, 1.807) is 0 Å². The minimum absolute atomic E-state index is 0.202. The lowest BCUT2D eigenvalue weighted by Gasteiger charge is -2.13. The van der Waals surface area contributed by atoms with E-state index in [0.29, 0.717) is 0 Å². The smallest absolute Gasteiger partial charge is 0.416 e. The largest absolute Gasteiger partial charge is 0.449 e. The van der Waals surface area contributed by atoms with Crippen LogP contribution in [-0.2, 0) is 24.7 Å². The first kappa shape index (κ1) is 37.3. The van der Waals surface area contributed by atoms with Crippen molar-refractivity contribution in [2.45, 2.75) is 24.7 Å². The zero-order valence-electron chi connectivity index (χ0n) is 25.1. The standard InChI is InChI=1S/C32H8F12N6O3/c33-29(34,35)17-3-13(4-18(7-17)30(36,37)38)23-25(52-27(49-23)15(9-45)10-46)21-1-2-22(51-21)26-24(50-28(53-26)16(11-47)12-48)14-5-19(31(39,40)41)8-20(6-14)32(42,43)44/h1-8H/b25-21-,26-22+. The number of hydrogen-bond acceptors (Lipinski definition) is 9. The number of aromatic nitrogens is 2. The van der Waals surface area contributed by atoms with Crippen molar-refractivity contribution in [3.05, 3.63) is 104 Å². The van der Waals surface area contributed by atoms with Crippen molar-refractivity contribution >= 4 is 11.1 Å². The molecule has 0 amide bonds. The first-order valence-electron chi connectivity index (χ1n) is 13.7. The topological polar surface area (TPSA) is 160 Å². The van der Waals surface area contributed by atoms with Gasteiger partial charge in [0, 0.05) is 11.1 Å². The predicted octanol–water partition coefficient (Wildman–Crippen LogP) is 7.63. The molecule has 268 valence electrons. The number of oxazole rings is 2. The normalized spacial score (nSPS) is 13.4. The molecular weight excluding hydrogens is 744 g/mol. The molecule has 3 aromatic heterocycles. The third-order valence-electron chi connectivity index (χ3n) is 6.91. The van der Waals surface area contributed by atoms with Gasteiger partial charge in [0.05, 0.1) is 22.3 Å². The summed E-state index contributed by atoms with van der Waals surface area (Å²) in [6, 6.07) is 7.76. The summed E-state index contributed by atoms with van der Waals surface area (Å²) >= 11 is 0. The van der Waals surface area contributed by atoms with Crippen LogP contribution < -0.4 is 11.1 Å². The molecule has 0 fully saturated rings. The van der Waals surface area contributed by atoms with E-state index in [-0.39, 0.29) is 36.4 Å². The molecule has 5 aromatic rings. The van der Waals surface area contributed by atoms with E-state index in [0.717, 1.165) is 12.1 Å². The van der Waals surface area contributed by atoms with Crippen LogP contribution in [0.15, 0.2) is 61.8 Å². The van der Waals surface area contributed by atoms with E-state index in [4.69, 9.17) is 13.3 Å².